The maximum absolute atomic E-state index is 11.2. The molecule has 0 amide bonds. The first-order valence-electron chi connectivity index (χ1n) is 6.19. The largest absolute Gasteiger partial charge is 0.281 e. The van der Waals surface area contributed by atoms with Gasteiger partial charge in [0.2, 0.25) is 5.82 Å². The molecule has 0 N–H and O–H groups in total. The third-order valence-corrected chi connectivity index (χ3v) is 3.52. The summed E-state index contributed by atoms with van der Waals surface area (Å²) in [6.45, 7) is 4.02. The number of benzene rings is 1. The van der Waals surface area contributed by atoms with Crippen LogP contribution in [0.3, 0.4) is 0 Å². The Morgan fingerprint density at radius 3 is 2.70 bits per heavy atom. The van der Waals surface area contributed by atoms with Gasteiger partial charge in [-0.2, -0.15) is 0 Å². The fourth-order valence-electron chi connectivity index (χ4n) is 2.35. The zero-order valence-electron chi connectivity index (χ0n) is 11.1. The van der Waals surface area contributed by atoms with Crippen LogP contribution < -0.4 is 0 Å². The van der Waals surface area contributed by atoms with Crippen molar-refractivity contribution < 1.29 is 0 Å². The Kier molecular flexibility index (Phi) is 3.03. The molecule has 0 atom stereocenters. The molecule has 0 aliphatic heterocycles. The molecule has 0 aliphatic carbocycles. The number of hydrogen-bond acceptors (Lipinski definition) is 3. The van der Waals surface area contributed by atoms with Gasteiger partial charge in [-0.05, 0) is 30.7 Å². The zero-order valence-corrected chi connectivity index (χ0v) is 11.8. The van der Waals surface area contributed by atoms with Crippen molar-refractivity contribution >= 4 is 23.1 Å². The third-order valence-electron chi connectivity index (χ3n) is 3.29. The number of pyridine rings is 1. The summed E-state index contributed by atoms with van der Waals surface area (Å²) in [6.07, 6.45) is 1.70. The predicted molar refractivity (Wildman–Crippen MR) is 80.6 cm³/mol. The second-order valence-corrected chi connectivity index (χ2v) is 5.20. The van der Waals surface area contributed by atoms with Crippen molar-refractivity contribution in [2.45, 2.75) is 13.8 Å². The molecule has 0 unspecified atom stereocenters. The van der Waals surface area contributed by atoms with Crippen LogP contribution in [0.4, 0.5) is 5.82 Å². The van der Waals surface area contributed by atoms with E-state index in [9.17, 15) is 4.91 Å². The summed E-state index contributed by atoms with van der Waals surface area (Å²) < 4.78 is 1.65. The van der Waals surface area contributed by atoms with E-state index < -0.39 is 0 Å². The molecule has 20 heavy (non-hydrogen) atoms. The molecule has 2 aromatic heterocycles. The Balaban J connectivity index is 2.32. The van der Waals surface area contributed by atoms with Crippen LogP contribution in [0.1, 0.15) is 11.1 Å². The molecule has 5 heteroatoms. The van der Waals surface area contributed by atoms with Crippen molar-refractivity contribution in [1.29, 1.82) is 0 Å². The highest BCUT2D eigenvalue weighted by molar-refractivity contribution is 6.30. The molecule has 4 nitrogen and oxygen atoms in total. The summed E-state index contributed by atoms with van der Waals surface area (Å²) in [7, 11) is 0. The van der Waals surface area contributed by atoms with Gasteiger partial charge >= 0.3 is 0 Å². The molecule has 2 heterocycles. The maximum atomic E-state index is 11.2. The third kappa shape index (κ3) is 1.98. The molecule has 0 aliphatic rings. The van der Waals surface area contributed by atoms with E-state index >= 15 is 0 Å². The molecule has 0 bridgehead atoms. The van der Waals surface area contributed by atoms with Crippen LogP contribution in [-0.2, 0) is 0 Å². The number of rotatable bonds is 2. The van der Waals surface area contributed by atoms with Crippen LogP contribution in [0.15, 0.2) is 41.7 Å². The van der Waals surface area contributed by atoms with Crippen molar-refractivity contribution in [3.8, 4) is 11.3 Å². The fourth-order valence-corrected chi connectivity index (χ4v) is 2.51. The van der Waals surface area contributed by atoms with Crippen LogP contribution in [0, 0.1) is 18.8 Å². The number of aryl methyl sites for hydroxylation is 2. The summed E-state index contributed by atoms with van der Waals surface area (Å²) >= 11 is 5.96. The van der Waals surface area contributed by atoms with Crippen LogP contribution >= 0.6 is 11.6 Å². The Morgan fingerprint density at radius 1 is 1.20 bits per heavy atom. The topological polar surface area (TPSA) is 46.7 Å². The van der Waals surface area contributed by atoms with E-state index in [1.54, 1.807) is 22.7 Å². The SMILES string of the molecule is Cc1ccc(-c2nc3cc(Cl)ccn3c2N=O)c(C)c1. The van der Waals surface area contributed by atoms with E-state index in [-0.39, 0.29) is 0 Å². The lowest BCUT2D eigenvalue weighted by Crippen LogP contribution is -1.85. The number of nitrogens with zero attached hydrogens (tertiary/aromatic N) is 3. The van der Waals surface area contributed by atoms with Crippen molar-refractivity contribution in [3.63, 3.8) is 0 Å². The quantitative estimate of drug-likeness (QED) is 0.642. The van der Waals surface area contributed by atoms with E-state index in [4.69, 9.17) is 11.6 Å². The van der Waals surface area contributed by atoms with Crippen LogP contribution in [0.25, 0.3) is 16.9 Å². The summed E-state index contributed by atoms with van der Waals surface area (Å²) in [6, 6.07) is 9.43. The Hall–Kier alpha value is -2.20. The lowest BCUT2D eigenvalue weighted by Gasteiger charge is -2.04. The van der Waals surface area contributed by atoms with Crippen molar-refractivity contribution in [2.75, 3.05) is 0 Å². The van der Waals surface area contributed by atoms with Crippen LogP contribution in [0.5, 0.6) is 0 Å². The van der Waals surface area contributed by atoms with E-state index in [1.807, 2.05) is 26.0 Å². The molecule has 0 spiro atoms. The number of nitroso groups, excluding NO2 is 1. The average molecular weight is 286 g/mol. The Labute approximate surface area is 121 Å². The molecule has 0 radical (unpaired) electrons. The first kappa shape index (κ1) is 12.8. The molecule has 100 valence electrons. The predicted octanol–water partition coefficient (Wildman–Crippen LogP) is 4.67. The van der Waals surface area contributed by atoms with Gasteiger partial charge in [0.15, 0.2) is 0 Å². The minimum absolute atomic E-state index is 0.295. The van der Waals surface area contributed by atoms with Gasteiger partial charge in [-0.3, -0.25) is 4.40 Å². The molecule has 1 aromatic carbocycles. The monoisotopic (exact) mass is 285 g/mol. The summed E-state index contributed by atoms with van der Waals surface area (Å²) in [4.78, 5) is 15.7. The highest BCUT2D eigenvalue weighted by atomic mass is 35.5. The van der Waals surface area contributed by atoms with Gasteiger partial charge in [0.1, 0.15) is 11.3 Å². The van der Waals surface area contributed by atoms with Gasteiger partial charge in [-0.1, -0.05) is 35.4 Å². The first-order chi connectivity index (χ1) is 9.60. The van der Waals surface area contributed by atoms with E-state index in [1.165, 1.54) is 5.56 Å². The Bertz CT molecular complexity index is 823. The number of fused-ring (bicyclic) bond motifs is 1. The highest BCUT2D eigenvalue weighted by Crippen LogP contribution is 2.33. The normalized spacial score (nSPS) is 10.9. The maximum Gasteiger partial charge on any atom is 0.209 e. The highest BCUT2D eigenvalue weighted by Gasteiger charge is 2.16. The molecule has 0 saturated heterocycles. The molecule has 3 rings (SSSR count). The number of hydrogen-bond donors (Lipinski definition) is 0. The van der Waals surface area contributed by atoms with Gasteiger partial charge < -0.3 is 0 Å². The molecule has 0 fully saturated rings. The summed E-state index contributed by atoms with van der Waals surface area (Å²) in [5.74, 6) is 0.295. The molecular weight excluding hydrogens is 274 g/mol. The average Bonchev–Trinajstić information content (AvgIpc) is 2.75. The fraction of sp³-hybridized carbons (Fsp3) is 0.133. The lowest BCUT2D eigenvalue weighted by atomic mass is 10.0. The number of halogens is 1. The summed E-state index contributed by atoms with van der Waals surface area (Å²) in [5, 5.41) is 3.71. The zero-order chi connectivity index (χ0) is 14.3. The van der Waals surface area contributed by atoms with E-state index in [2.05, 4.69) is 16.2 Å². The van der Waals surface area contributed by atoms with Crippen molar-refractivity contribution in [1.82, 2.24) is 9.38 Å². The summed E-state index contributed by atoms with van der Waals surface area (Å²) in [5.41, 5.74) is 4.33. The second-order valence-electron chi connectivity index (χ2n) is 4.77. The van der Waals surface area contributed by atoms with Gasteiger partial charge in [-0.25, -0.2) is 4.98 Å². The minimum Gasteiger partial charge on any atom is -0.281 e. The molecular formula is C15H12ClN3O. The van der Waals surface area contributed by atoms with Crippen molar-refractivity contribution in [2.24, 2.45) is 5.18 Å². The lowest BCUT2D eigenvalue weighted by molar-refractivity contribution is 1.16. The first-order valence-corrected chi connectivity index (χ1v) is 6.56. The second kappa shape index (κ2) is 4.72. The Morgan fingerprint density at radius 2 is 2.00 bits per heavy atom. The van der Waals surface area contributed by atoms with Crippen LogP contribution in [0.2, 0.25) is 5.02 Å². The van der Waals surface area contributed by atoms with Crippen molar-refractivity contribution in [3.05, 3.63) is 57.6 Å². The van der Waals surface area contributed by atoms with Gasteiger partial charge in [0.25, 0.3) is 0 Å². The smallest absolute Gasteiger partial charge is 0.209 e. The van der Waals surface area contributed by atoms with Gasteiger partial charge in [-0.15, -0.1) is 4.91 Å². The van der Waals surface area contributed by atoms with Gasteiger partial charge in [0.05, 0.1) is 0 Å². The van der Waals surface area contributed by atoms with E-state index in [0.29, 0.717) is 22.2 Å². The van der Waals surface area contributed by atoms with Crippen LogP contribution in [-0.4, -0.2) is 9.38 Å². The van der Waals surface area contributed by atoms with Gasteiger partial charge in [0, 0.05) is 22.8 Å². The number of imidazole rings is 1. The standard InChI is InChI=1S/C15H12ClN3O/c1-9-3-4-12(10(2)7-9)14-15(18-20)19-6-5-11(16)8-13(19)17-14/h3-8H,1-2H3. The molecule has 0 saturated carbocycles. The van der Waals surface area contributed by atoms with E-state index in [0.717, 1.165) is 11.1 Å². The minimum atomic E-state index is 0.295. The molecule has 3 aromatic rings. The number of aromatic nitrogens is 2.